The molecule has 33 heavy (non-hydrogen) atoms. The number of carbonyl (C=O) groups excluding carboxylic acids is 2. The zero-order chi connectivity index (χ0) is 23.4. The molecule has 1 aromatic carbocycles. The first kappa shape index (κ1) is 23.6. The fourth-order valence-corrected chi connectivity index (χ4v) is 5.15. The number of likely N-dealkylation sites (tertiary alicyclic amines) is 1. The number of aldehydes is 1. The van der Waals surface area contributed by atoms with Crippen molar-refractivity contribution in [3.05, 3.63) is 58.5 Å². The summed E-state index contributed by atoms with van der Waals surface area (Å²) in [7, 11) is 0. The molecule has 2 aliphatic rings. The van der Waals surface area contributed by atoms with E-state index in [1.54, 1.807) is 23.1 Å². The number of benzene rings is 1. The quantitative estimate of drug-likeness (QED) is 0.501. The second-order valence-corrected chi connectivity index (χ2v) is 9.38. The molecule has 1 atom stereocenters. The minimum absolute atomic E-state index is 0.0351. The lowest BCUT2D eigenvalue weighted by molar-refractivity contribution is -0.142. The zero-order valence-electron chi connectivity index (χ0n) is 18.5. The molecule has 2 saturated heterocycles. The van der Waals surface area contributed by atoms with Crippen LogP contribution in [0.2, 0.25) is 5.15 Å². The molecule has 6 nitrogen and oxygen atoms in total. The molecule has 0 bridgehead atoms. The third-order valence-corrected chi connectivity index (χ3v) is 7.26. The third-order valence-electron chi connectivity index (χ3n) is 6.95. The van der Waals surface area contributed by atoms with Crippen molar-refractivity contribution < 1.29 is 19.1 Å². The second kappa shape index (κ2) is 10.6. The van der Waals surface area contributed by atoms with Crippen LogP contribution in [0.1, 0.15) is 54.1 Å². The van der Waals surface area contributed by atoms with Gasteiger partial charge in [-0.25, -0.2) is 9.37 Å². The van der Waals surface area contributed by atoms with Gasteiger partial charge in [-0.05, 0) is 62.1 Å². The Kier molecular flexibility index (Phi) is 7.60. The van der Waals surface area contributed by atoms with Crippen molar-refractivity contribution in [1.29, 1.82) is 0 Å². The number of carbonyl (C=O) groups is 2. The van der Waals surface area contributed by atoms with E-state index in [4.69, 9.17) is 11.6 Å². The number of hydrogen-bond acceptors (Lipinski definition) is 5. The zero-order valence-corrected chi connectivity index (χ0v) is 19.3. The van der Waals surface area contributed by atoms with Gasteiger partial charge in [0.05, 0.1) is 5.56 Å². The predicted octanol–water partition coefficient (Wildman–Crippen LogP) is 4.27. The van der Waals surface area contributed by atoms with Crippen molar-refractivity contribution >= 4 is 29.6 Å². The van der Waals surface area contributed by atoms with Crippen LogP contribution < -0.4 is 4.90 Å². The number of nitrogens with zero attached hydrogens (tertiary/aromatic N) is 3. The molecular formula is C25H29ClFN3O3. The lowest BCUT2D eigenvalue weighted by Gasteiger charge is -2.37. The summed E-state index contributed by atoms with van der Waals surface area (Å²) in [6.45, 7) is 3.00. The molecule has 1 N–H and O–H groups in total. The number of anilines is 1. The molecule has 2 fully saturated rings. The Morgan fingerprint density at radius 1 is 1.09 bits per heavy atom. The maximum absolute atomic E-state index is 13.9. The van der Waals surface area contributed by atoms with Crippen LogP contribution in [0.3, 0.4) is 0 Å². The lowest BCUT2D eigenvalue weighted by Crippen LogP contribution is -2.42. The summed E-state index contributed by atoms with van der Waals surface area (Å²) in [5.74, 6) is 1.01. The Labute approximate surface area is 198 Å². The van der Waals surface area contributed by atoms with Crippen LogP contribution in [-0.2, 0) is 4.79 Å². The molecule has 1 aromatic heterocycles. The molecule has 176 valence electrons. The number of aliphatic hydroxyl groups excluding tert-OH is 1. The van der Waals surface area contributed by atoms with Crippen LogP contribution in [0, 0.1) is 17.7 Å². The van der Waals surface area contributed by atoms with Gasteiger partial charge in [0.2, 0.25) is 0 Å². The van der Waals surface area contributed by atoms with E-state index in [2.05, 4.69) is 9.88 Å². The summed E-state index contributed by atoms with van der Waals surface area (Å²) in [5, 5.41) is 10.6. The van der Waals surface area contributed by atoms with E-state index in [0.29, 0.717) is 36.8 Å². The Hall–Kier alpha value is -2.51. The topological polar surface area (TPSA) is 73.7 Å². The molecule has 0 saturated carbocycles. The van der Waals surface area contributed by atoms with E-state index in [1.807, 2.05) is 6.07 Å². The fourth-order valence-electron chi connectivity index (χ4n) is 4.96. The summed E-state index contributed by atoms with van der Waals surface area (Å²) in [4.78, 5) is 31.8. The number of piperidine rings is 2. The smallest absolute Gasteiger partial charge is 0.256 e. The molecule has 0 radical (unpaired) electrons. The molecule has 2 aliphatic heterocycles. The van der Waals surface area contributed by atoms with Gasteiger partial charge >= 0.3 is 0 Å². The standard InChI is InChI=1S/C25H29ClFN3O3/c26-24-19(16-31)5-6-22(28-24)29-11-7-17(8-12-29)15-18-9-13-30(14-10-18)25(33)23(32)20-3-1-2-4-21(20)27/h1-6,16-18,23,32H,7-15H2. The van der Waals surface area contributed by atoms with Gasteiger partial charge in [0, 0.05) is 31.7 Å². The van der Waals surface area contributed by atoms with Gasteiger partial charge in [-0.15, -0.1) is 0 Å². The van der Waals surface area contributed by atoms with Gasteiger partial charge in [0.25, 0.3) is 5.91 Å². The molecular weight excluding hydrogens is 445 g/mol. The Balaban J connectivity index is 1.23. The Morgan fingerprint density at radius 2 is 1.73 bits per heavy atom. The first-order valence-corrected chi connectivity index (χ1v) is 11.9. The van der Waals surface area contributed by atoms with Crippen molar-refractivity contribution in [2.24, 2.45) is 11.8 Å². The van der Waals surface area contributed by atoms with Crippen LogP contribution in [-0.4, -0.2) is 53.4 Å². The highest BCUT2D eigenvalue weighted by Gasteiger charge is 2.31. The number of pyridine rings is 1. The molecule has 2 aromatic rings. The van der Waals surface area contributed by atoms with Gasteiger partial charge in [0.15, 0.2) is 12.4 Å². The summed E-state index contributed by atoms with van der Waals surface area (Å²) >= 11 is 6.07. The third kappa shape index (κ3) is 5.53. The van der Waals surface area contributed by atoms with Crippen LogP contribution in [0.5, 0.6) is 0 Å². The number of aliphatic hydroxyl groups is 1. The van der Waals surface area contributed by atoms with Crippen LogP contribution in [0.4, 0.5) is 10.2 Å². The van der Waals surface area contributed by atoms with E-state index in [-0.39, 0.29) is 10.7 Å². The van der Waals surface area contributed by atoms with Crippen molar-refractivity contribution in [3.63, 3.8) is 0 Å². The van der Waals surface area contributed by atoms with Crippen LogP contribution >= 0.6 is 11.6 Å². The van der Waals surface area contributed by atoms with E-state index in [0.717, 1.165) is 51.0 Å². The number of halogens is 2. The van der Waals surface area contributed by atoms with E-state index in [1.165, 1.54) is 12.1 Å². The van der Waals surface area contributed by atoms with E-state index < -0.39 is 17.8 Å². The molecule has 4 rings (SSSR count). The average Bonchev–Trinajstić information content (AvgIpc) is 2.84. The number of hydrogen-bond donors (Lipinski definition) is 1. The minimum Gasteiger partial charge on any atom is -0.378 e. The molecule has 3 heterocycles. The van der Waals surface area contributed by atoms with Gasteiger partial charge < -0.3 is 14.9 Å². The van der Waals surface area contributed by atoms with Gasteiger partial charge in [-0.2, -0.15) is 0 Å². The molecule has 0 spiro atoms. The minimum atomic E-state index is -1.45. The largest absolute Gasteiger partial charge is 0.378 e. The highest BCUT2D eigenvalue weighted by molar-refractivity contribution is 6.31. The number of rotatable bonds is 6. The molecule has 1 unspecified atom stereocenters. The highest BCUT2D eigenvalue weighted by Crippen LogP contribution is 2.32. The molecule has 1 amide bonds. The van der Waals surface area contributed by atoms with Crippen molar-refractivity contribution in [2.45, 2.75) is 38.2 Å². The normalized spacial score (nSPS) is 18.9. The Bertz CT molecular complexity index is 989. The second-order valence-electron chi connectivity index (χ2n) is 9.03. The van der Waals surface area contributed by atoms with Crippen molar-refractivity contribution in [3.8, 4) is 0 Å². The predicted molar refractivity (Wildman–Crippen MR) is 125 cm³/mol. The molecule has 0 aliphatic carbocycles. The number of amides is 1. The fraction of sp³-hybridized carbons (Fsp3) is 0.480. The first-order valence-electron chi connectivity index (χ1n) is 11.5. The average molecular weight is 474 g/mol. The lowest BCUT2D eigenvalue weighted by atomic mass is 9.82. The van der Waals surface area contributed by atoms with Crippen LogP contribution in [0.25, 0.3) is 0 Å². The number of aromatic nitrogens is 1. The van der Waals surface area contributed by atoms with Crippen molar-refractivity contribution in [2.75, 3.05) is 31.1 Å². The van der Waals surface area contributed by atoms with Gasteiger partial charge in [0.1, 0.15) is 16.8 Å². The maximum Gasteiger partial charge on any atom is 0.256 e. The van der Waals surface area contributed by atoms with E-state index in [9.17, 15) is 19.1 Å². The summed E-state index contributed by atoms with van der Waals surface area (Å²) in [6.07, 6.45) is 4.34. The summed E-state index contributed by atoms with van der Waals surface area (Å²) in [6, 6.07) is 9.43. The SMILES string of the molecule is O=Cc1ccc(N2CCC(CC3CCN(C(=O)C(O)c4ccccc4F)CC3)CC2)nc1Cl. The maximum atomic E-state index is 13.9. The van der Waals surface area contributed by atoms with E-state index >= 15 is 0 Å². The summed E-state index contributed by atoms with van der Waals surface area (Å²) in [5.41, 5.74) is 0.439. The monoisotopic (exact) mass is 473 g/mol. The highest BCUT2D eigenvalue weighted by atomic mass is 35.5. The Morgan fingerprint density at radius 3 is 2.33 bits per heavy atom. The van der Waals surface area contributed by atoms with Crippen molar-refractivity contribution in [1.82, 2.24) is 9.88 Å². The van der Waals surface area contributed by atoms with Crippen LogP contribution in [0.15, 0.2) is 36.4 Å². The summed E-state index contributed by atoms with van der Waals surface area (Å²) < 4.78 is 13.9. The molecule has 8 heteroatoms. The van der Waals surface area contributed by atoms with Gasteiger partial charge in [-0.1, -0.05) is 29.8 Å². The van der Waals surface area contributed by atoms with Gasteiger partial charge in [-0.3, -0.25) is 9.59 Å². The first-order chi connectivity index (χ1) is 16.0.